The highest BCUT2D eigenvalue weighted by Gasteiger charge is 2.16. The fraction of sp³-hybridized carbons (Fsp3) is 0.250. The summed E-state index contributed by atoms with van der Waals surface area (Å²) < 4.78 is 5.14. The van der Waals surface area contributed by atoms with Gasteiger partial charge in [0, 0.05) is 5.39 Å². The zero-order valence-electron chi connectivity index (χ0n) is 9.78. The summed E-state index contributed by atoms with van der Waals surface area (Å²) in [4.78, 5) is 19.8. The Hall–Kier alpha value is -1.39. The van der Waals surface area contributed by atoms with Gasteiger partial charge < -0.3 is 4.74 Å². The molecule has 0 spiro atoms. The van der Waals surface area contributed by atoms with Crippen LogP contribution in [0, 0.1) is 0 Å². The third-order valence-corrected chi connectivity index (χ3v) is 2.67. The Bertz CT molecular complexity index is 614. The van der Waals surface area contributed by atoms with Crippen LogP contribution in [0.25, 0.3) is 10.9 Å². The average molecular weight is 285 g/mol. The summed E-state index contributed by atoms with van der Waals surface area (Å²) in [6.45, 7) is 3.55. The highest BCUT2D eigenvalue weighted by molar-refractivity contribution is 6.36. The number of carbonyl (C=O) groups is 1. The second kappa shape index (κ2) is 5.08. The summed E-state index contributed by atoms with van der Waals surface area (Å²) in [5.74, 6) is -0.457. The van der Waals surface area contributed by atoms with Gasteiger partial charge in [0.05, 0.1) is 17.2 Å². The summed E-state index contributed by atoms with van der Waals surface area (Å²) >= 11 is 11.7. The molecule has 0 fully saturated rings. The molecule has 0 unspecified atom stereocenters. The molecule has 1 heterocycles. The highest BCUT2D eigenvalue weighted by atomic mass is 35.5. The van der Waals surface area contributed by atoms with Crippen molar-refractivity contribution >= 4 is 40.1 Å². The number of carbonyl (C=O) groups excluding carboxylic acids is 1. The van der Waals surface area contributed by atoms with Gasteiger partial charge in [-0.05, 0) is 37.6 Å². The lowest BCUT2D eigenvalue weighted by Crippen LogP contribution is -2.12. The van der Waals surface area contributed by atoms with Gasteiger partial charge in [-0.3, -0.25) is 0 Å². The van der Waals surface area contributed by atoms with Gasteiger partial charge in [0.15, 0.2) is 0 Å². The molecular weight excluding hydrogens is 275 g/mol. The molecule has 6 heteroatoms. The molecule has 0 aliphatic rings. The summed E-state index contributed by atoms with van der Waals surface area (Å²) in [5, 5.41) is 0.778. The number of halogens is 2. The first kappa shape index (κ1) is 13.1. The average Bonchev–Trinajstić information content (AvgIpc) is 2.27. The highest BCUT2D eigenvalue weighted by Crippen LogP contribution is 2.25. The van der Waals surface area contributed by atoms with Crippen molar-refractivity contribution < 1.29 is 9.53 Å². The fourth-order valence-corrected chi connectivity index (χ4v) is 1.98. The zero-order valence-corrected chi connectivity index (χ0v) is 11.3. The number of benzene rings is 1. The van der Waals surface area contributed by atoms with Crippen molar-refractivity contribution in [2.24, 2.45) is 0 Å². The molecule has 18 heavy (non-hydrogen) atoms. The third-order valence-electron chi connectivity index (χ3n) is 2.22. The van der Waals surface area contributed by atoms with Crippen LogP contribution in [0.15, 0.2) is 18.2 Å². The van der Waals surface area contributed by atoms with E-state index in [4.69, 9.17) is 27.9 Å². The quantitative estimate of drug-likeness (QED) is 0.481. The molecule has 0 amide bonds. The maximum atomic E-state index is 11.9. The monoisotopic (exact) mass is 284 g/mol. The van der Waals surface area contributed by atoms with E-state index in [0.29, 0.717) is 16.5 Å². The predicted molar refractivity (Wildman–Crippen MR) is 70.1 cm³/mol. The Morgan fingerprint density at radius 2 is 2.00 bits per heavy atom. The normalized spacial score (nSPS) is 10.9. The van der Waals surface area contributed by atoms with Gasteiger partial charge >= 0.3 is 5.97 Å². The molecule has 0 saturated carbocycles. The number of aromatic nitrogens is 2. The Morgan fingerprint density at radius 3 is 2.67 bits per heavy atom. The number of hydrogen-bond donors (Lipinski definition) is 0. The molecule has 2 rings (SSSR count). The van der Waals surface area contributed by atoms with E-state index in [1.807, 2.05) is 0 Å². The van der Waals surface area contributed by atoms with E-state index in [1.54, 1.807) is 32.0 Å². The lowest BCUT2D eigenvalue weighted by Gasteiger charge is -2.09. The number of ether oxygens (including phenoxy) is 1. The molecule has 0 radical (unpaired) electrons. The summed E-state index contributed by atoms with van der Waals surface area (Å²) in [7, 11) is 0. The molecule has 0 N–H and O–H groups in total. The molecule has 0 aliphatic carbocycles. The van der Waals surface area contributed by atoms with Gasteiger partial charge in [0.2, 0.25) is 5.28 Å². The van der Waals surface area contributed by atoms with Crippen LogP contribution in [-0.4, -0.2) is 22.0 Å². The van der Waals surface area contributed by atoms with E-state index in [-0.39, 0.29) is 16.5 Å². The van der Waals surface area contributed by atoms with Gasteiger partial charge in [0.25, 0.3) is 0 Å². The molecule has 0 saturated heterocycles. The first-order chi connectivity index (χ1) is 8.49. The molecule has 0 bridgehead atoms. The second-order valence-corrected chi connectivity index (χ2v) is 4.64. The van der Waals surface area contributed by atoms with E-state index >= 15 is 0 Å². The van der Waals surface area contributed by atoms with Gasteiger partial charge in [0.1, 0.15) is 5.15 Å². The van der Waals surface area contributed by atoms with Crippen LogP contribution in [0.3, 0.4) is 0 Å². The maximum absolute atomic E-state index is 11.9. The first-order valence-electron chi connectivity index (χ1n) is 5.32. The minimum atomic E-state index is -0.457. The molecular formula is C12H10Cl2N2O2. The summed E-state index contributed by atoms with van der Waals surface area (Å²) in [5.41, 5.74) is 0.723. The number of hydrogen-bond acceptors (Lipinski definition) is 4. The summed E-state index contributed by atoms with van der Waals surface area (Å²) in [6.07, 6.45) is -0.208. The van der Waals surface area contributed by atoms with Crippen molar-refractivity contribution in [1.29, 1.82) is 0 Å². The molecule has 94 valence electrons. The van der Waals surface area contributed by atoms with Crippen molar-refractivity contribution in [3.63, 3.8) is 0 Å². The largest absolute Gasteiger partial charge is 0.459 e. The minimum Gasteiger partial charge on any atom is -0.459 e. The number of esters is 1. The van der Waals surface area contributed by atoms with Crippen molar-refractivity contribution in [1.82, 2.24) is 9.97 Å². The SMILES string of the molecule is CC(C)OC(=O)c1cccc2c(Cl)nc(Cl)nc12. The van der Waals surface area contributed by atoms with Crippen LogP contribution < -0.4 is 0 Å². The molecule has 2 aromatic rings. The van der Waals surface area contributed by atoms with E-state index in [0.717, 1.165) is 0 Å². The smallest absolute Gasteiger partial charge is 0.340 e. The van der Waals surface area contributed by atoms with Crippen LogP contribution in [0.5, 0.6) is 0 Å². The number of para-hydroxylation sites is 1. The van der Waals surface area contributed by atoms with Crippen molar-refractivity contribution in [2.75, 3.05) is 0 Å². The minimum absolute atomic E-state index is 0.00250. The Morgan fingerprint density at radius 1 is 1.28 bits per heavy atom. The van der Waals surface area contributed by atoms with Crippen LogP contribution in [0.1, 0.15) is 24.2 Å². The zero-order chi connectivity index (χ0) is 13.3. The van der Waals surface area contributed by atoms with Crippen LogP contribution >= 0.6 is 23.2 Å². The van der Waals surface area contributed by atoms with Crippen LogP contribution in [0.2, 0.25) is 10.4 Å². The van der Waals surface area contributed by atoms with E-state index in [9.17, 15) is 4.79 Å². The van der Waals surface area contributed by atoms with Crippen molar-refractivity contribution in [3.05, 3.63) is 34.2 Å². The Balaban J connectivity index is 2.61. The molecule has 0 aliphatic heterocycles. The van der Waals surface area contributed by atoms with Gasteiger partial charge in [-0.2, -0.15) is 0 Å². The number of rotatable bonds is 2. The van der Waals surface area contributed by atoms with Crippen molar-refractivity contribution in [3.8, 4) is 0 Å². The Kier molecular flexibility index (Phi) is 3.68. The van der Waals surface area contributed by atoms with Crippen molar-refractivity contribution in [2.45, 2.75) is 20.0 Å². The second-order valence-electron chi connectivity index (χ2n) is 3.94. The standard InChI is InChI=1S/C12H10Cl2N2O2/c1-6(2)18-11(17)8-5-3-4-7-9(8)15-12(14)16-10(7)13/h3-6H,1-2H3. The third kappa shape index (κ3) is 2.54. The predicted octanol–water partition coefficient (Wildman–Crippen LogP) is 3.50. The lowest BCUT2D eigenvalue weighted by atomic mass is 10.1. The van der Waals surface area contributed by atoms with Gasteiger partial charge in [-0.15, -0.1) is 0 Å². The fourth-order valence-electron chi connectivity index (χ4n) is 1.53. The van der Waals surface area contributed by atoms with E-state index < -0.39 is 5.97 Å². The number of nitrogens with zero attached hydrogens (tertiary/aromatic N) is 2. The molecule has 0 atom stereocenters. The van der Waals surface area contributed by atoms with E-state index in [2.05, 4.69) is 9.97 Å². The molecule has 4 nitrogen and oxygen atoms in total. The molecule has 1 aromatic heterocycles. The van der Waals surface area contributed by atoms with Crippen LogP contribution in [-0.2, 0) is 4.74 Å². The van der Waals surface area contributed by atoms with Crippen LogP contribution in [0.4, 0.5) is 0 Å². The Labute approximate surface area is 114 Å². The summed E-state index contributed by atoms with van der Waals surface area (Å²) in [6, 6.07) is 5.04. The first-order valence-corrected chi connectivity index (χ1v) is 6.07. The number of fused-ring (bicyclic) bond motifs is 1. The van der Waals surface area contributed by atoms with E-state index in [1.165, 1.54) is 0 Å². The van der Waals surface area contributed by atoms with Gasteiger partial charge in [-0.1, -0.05) is 17.7 Å². The lowest BCUT2D eigenvalue weighted by molar-refractivity contribution is 0.0380. The van der Waals surface area contributed by atoms with Gasteiger partial charge in [-0.25, -0.2) is 14.8 Å². The topological polar surface area (TPSA) is 52.1 Å². The maximum Gasteiger partial charge on any atom is 0.340 e. The molecule has 1 aromatic carbocycles.